The molecule has 0 unspecified atom stereocenters. The van der Waals surface area contributed by atoms with Crippen LogP contribution in [0.15, 0.2) is 47.4 Å². The third-order valence-corrected chi connectivity index (χ3v) is 5.44. The molecule has 0 aromatic heterocycles. The lowest BCUT2D eigenvalue weighted by atomic mass is 10.3. The number of amides is 1. The number of sulfonamides is 1. The van der Waals surface area contributed by atoms with Gasteiger partial charge in [-0.05, 0) is 57.2 Å². The summed E-state index contributed by atoms with van der Waals surface area (Å²) in [6, 6.07) is 10.4. The Morgan fingerprint density at radius 2 is 1.56 bits per heavy atom. The van der Waals surface area contributed by atoms with E-state index >= 15 is 0 Å². The number of ether oxygens (including phenoxy) is 1. The van der Waals surface area contributed by atoms with E-state index in [2.05, 4.69) is 10.0 Å². The Morgan fingerprint density at radius 1 is 1.00 bits per heavy atom. The van der Waals surface area contributed by atoms with Gasteiger partial charge in [0.15, 0.2) is 6.10 Å². The number of nitrogens with one attached hydrogen (secondary N) is 2. The van der Waals surface area contributed by atoms with E-state index in [0.717, 1.165) is 0 Å². The van der Waals surface area contributed by atoms with E-state index in [0.29, 0.717) is 5.75 Å². The Hall–Kier alpha value is -1.96. The Bertz CT molecular complexity index is 895. The Balaban J connectivity index is 2.13. The first-order valence-corrected chi connectivity index (χ1v) is 10.4. The van der Waals surface area contributed by atoms with Crippen molar-refractivity contribution in [3.8, 4) is 5.75 Å². The number of hydrogen-bond donors (Lipinski definition) is 2. The van der Waals surface area contributed by atoms with Crippen LogP contribution in [0.4, 0.5) is 5.69 Å². The topological polar surface area (TPSA) is 84.5 Å². The van der Waals surface area contributed by atoms with Crippen molar-refractivity contribution < 1.29 is 17.9 Å². The number of halogens is 2. The highest BCUT2D eigenvalue weighted by Crippen LogP contribution is 2.32. The summed E-state index contributed by atoms with van der Waals surface area (Å²) >= 11 is 12.0. The first-order chi connectivity index (χ1) is 12.6. The minimum atomic E-state index is -3.89. The second-order valence-corrected chi connectivity index (χ2v) is 8.59. The van der Waals surface area contributed by atoms with Gasteiger partial charge in [0, 0.05) is 6.04 Å². The quantitative estimate of drug-likeness (QED) is 0.692. The standard InChI is InChI=1S/C18H20Cl2N2O4S/c1-11(2)21-18(23)12(3)26-13-7-9-14(10-8-13)27(24,25)22-17-15(19)5-4-6-16(17)20/h4-12,22H,1-3H3,(H,21,23)/t12-/m0/s1. The third kappa shape index (κ3) is 5.76. The van der Waals surface area contributed by atoms with Gasteiger partial charge in [-0.1, -0.05) is 29.3 Å². The number of para-hydroxylation sites is 1. The van der Waals surface area contributed by atoms with E-state index in [1.807, 2.05) is 13.8 Å². The average Bonchev–Trinajstić information content (AvgIpc) is 2.58. The van der Waals surface area contributed by atoms with Gasteiger partial charge in [0.25, 0.3) is 15.9 Å². The van der Waals surface area contributed by atoms with E-state index in [1.165, 1.54) is 36.4 Å². The molecule has 2 aromatic carbocycles. The molecular formula is C18H20Cl2N2O4S. The predicted octanol–water partition coefficient (Wildman–Crippen LogP) is 4.09. The molecule has 0 radical (unpaired) electrons. The highest BCUT2D eigenvalue weighted by molar-refractivity contribution is 7.92. The van der Waals surface area contributed by atoms with Crippen LogP contribution in [-0.2, 0) is 14.8 Å². The zero-order chi connectivity index (χ0) is 20.2. The maximum atomic E-state index is 12.5. The normalized spacial score (nSPS) is 12.5. The molecule has 146 valence electrons. The molecule has 27 heavy (non-hydrogen) atoms. The number of anilines is 1. The third-order valence-electron chi connectivity index (χ3n) is 3.45. The van der Waals surface area contributed by atoms with E-state index in [9.17, 15) is 13.2 Å². The van der Waals surface area contributed by atoms with Crippen LogP contribution < -0.4 is 14.8 Å². The van der Waals surface area contributed by atoms with Gasteiger partial charge in [-0.3, -0.25) is 9.52 Å². The molecule has 9 heteroatoms. The zero-order valence-electron chi connectivity index (χ0n) is 15.0. The SMILES string of the molecule is CC(C)NC(=O)[C@H](C)Oc1ccc(S(=O)(=O)Nc2c(Cl)cccc2Cl)cc1. The van der Waals surface area contributed by atoms with E-state index in [-0.39, 0.29) is 32.6 Å². The van der Waals surface area contributed by atoms with Crippen LogP contribution in [0, 0.1) is 0 Å². The summed E-state index contributed by atoms with van der Waals surface area (Å²) in [4.78, 5) is 11.9. The lowest BCUT2D eigenvalue weighted by Crippen LogP contribution is -2.40. The highest BCUT2D eigenvalue weighted by atomic mass is 35.5. The Kier molecular flexibility index (Phi) is 6.97. The van der Waals surface area contributed by atoms with Gasteiger partial charge >= 0.3 is 0 Å². The Morgan fingerprint density at radius 3 is 2.07 bits per heavy atom. The van der Waals surface area contributed by atoms with Crippen molar-refractivity contribution in [2.45, 2.75) is 37.8 Å². The van der Waals surface area contributed by atoms with Crippen LogP contribution in [0.1, 0.15) is 20.8 Å². The van der Waals surface area contributed by atoms with E-state index < -0.39 is 16.1 Å². The summed E-state index contributed by atoms with van der Waals surface area (Å²) in [6.45, 7) is 5.31. The number of benzene rings is 2. The fraction of sp³-hybridized carbons (Fsp3) is 0.278. The molecule has 1 amide bonds. The van der Waals surface area contributed by atoms with Gasteiger partial charge in [-0.25, -0.2) is 8.42 Å². The molecule has 2 aromatic rings. The van der Waals surface area contributed by atoms with E-state index in [4.69, 9.17) is 27.9 Å². The summed E-state index contributed by atoms with van der Waals surface area (Å²) in [7, 11) is -3.89. The molecular weight excluding hydrogens is 411 g/mol. The van der Waals surface area contributed by atoms with Gasteiger partial charge in [0.2, 0.25) is 0 Å². The molecule has 6 nitrogen and oxygen atoms in total. The van der Waals surface area contributed by atoms with Crippen molar-refractivity contribution in [3.05, 3.63) is 52.5 Å². The fourth-order valence-corrected chi connectivity index (χ4v) is 3.85. The molecule has 0 aliphatic heterocycles. The first-order valence-electron chi connectivity index (χ1n) is 8.14. The first kappa shape index (κ1) is 21.3. The molecule has 0 aliphatic carbocycles. The number of carbonyl (C=O) groups excluding carboxylic acids is 1. The van der Waals surface area contributed by atoms with Crippen LogP contribution in [0.25, 0.3) is 0 Å². The van der Waals surface area contributed by atoms with Crippen molar-refractivity contribution in [3.63, 3.8) is 0 Å². The zero-order valence-corrected chi connectivity index (χ0v) is 17.3. The molecule has 0 heterocycles. The molecule has 0 saturated heterocycles. The van der Waals surface area contributed by atoms with Crippen LogP contribution in [0.3, 0.4) is 0 Å². The number of rotatable bonds is 7. The van der Waals surface area contributed by atoms with Crippen LogP contribution in [0.2, 0.25) is 10.0 Å². The molecule has 0 spiro atoms. The molecule has 0 aliphatic rings. The maximum absolute atomic E-state index is 12.5. The lowest BCUT2D eigenvalue weighted by Gasteiger charge is -2.17. The van der Waals surface area contributed by atoms with Crippen molar-refractivity contribution in [1.82, 2.24) is 5.32 Å². The van der Waals surface area contributed by atoms with Gasteiger partial charge < -0.3 is 10.1 Å². The summed E-state index contributed by atoms with van der Waals surface area (Å²) < 4.78 is 33.0. The summed E-state index contributed by atoms with van der Waals surface area (Å²) in [5, 5.41) is 3.12. The van der Waals surface area contributed by atoms with Gasteiger partial charge in [-0.2, -0.15) is 0 Å². The summed E-state index contributed by atoms with van der Waals surface area (Å²) in [5.41, 5.74) is 0.111. The van der Waals surface area contributed by atoms with Gasteiger partial charge in [0.1, 0.15) is 5.75 Å². The minimum absolute atomic E-state index is 0.00113. The Labute approximate surface area is 168 Å². The molecule has 1 atom stereocenters. The van der Waals surface area contributed by atoms with Crippen molar-refractivity contribution >= 4 is 44.8 Å². The minimum Gasteiger partial charge on any atom is -0.481 e. The van der Waals surface area contributed by atoms with Crippen LogP contribution >= 0.6 is 23.2 Å². The lowest BCUT2D eigenvalue weighted by molar-refractivity contribution is -0.127. The molecule has 2 N–H and O–H groups in total. The second-order valence-electron chi connectivity index (χ2n) is 6.10. The maximum Gasteiger partial charge on any atom is 0.261 e. The van der Waals surface area contributed by atoms with Crippen LogP contribution in [0.5, 0.6) is 5.75 Å². The van der Waals surface area contributed by atoms with Crippen molar-refractivity contribution in [1.29, 1.82) is 0 Å². The number of carbonyl (C=O) groups is 1. The smallest absolute Gasteiger partial charge is 0.261 e. The fourth-order valence-electron chi connectivity index (χ4n) is 2.15. The monoisotopic (exact) mass is 430 g/mol. The summed E-state index contributed by atoms with van der Waals surface area (Å²) in [5.74, 6) is 0.118. The average molecular weight is 431 g/mol. The number of hydrogen-bond acceptors (Lipinski definition) is 4. The predicted molar refractivity (Wildman–Crippen MR) is 107 cm³/mol. The molecule has 2 rings (SSSR count). The molecule has 0 fully saturated rings. The van der Waals surface area contributed by atoms with Gasteiger partial charge in [-0.15, -0.1) is 0 Å². The highest BCUT2D eigenvalue weighted by Gasteiger charge is 2.19. The van der Waals surface area contributed by atoms with Crippen molar-refractivity contribution in [2.75, 3.05) is 4.72 Å². The second kappa shape index (κ2) is 8.82. The molecule has 0 bridgehead atoms. The van der Waals surface area contributed by atoms with Crippen molar-refractivity contribution in [2.24, 2.45) is 0 Å². The largest absolute Gasteiger partial charge is 0.481 e. The van der Waals surface area contributed by atoms with E-state index in [1.54, 1.807) is 13.0 Å². The van der Waals surface area contributed by atoms with Gasteiger partial charge in [0.05, 0.1) is 20.6 Å². The molecule has 0 saturated carbocycles. The van der Waals surface area contributed by atoms with Crippen LogP contribution in [-0.4, -0.2) is 26.5 Å². The summed E-state index contributed by atoms with van der Waals surface area (Å²) in [6.07, 6.45) is -0.713.